The zero-order chi connectivity index (χ0) is 22.9. The first-order valence-electron chi connectivity index (χ1n) is 11.3. The highest BCUT2D eigenvalue weighted by atomic mass is 16.5. The van der Waals surface area contributed by atoms with Crippen LogP contribution in [0.1, 0.15) is 78.5 Å². The lowest BCUT2D eigenvalue weighted by Crippen LogP contribution is -2.28. The molecule has 1 unspecified atom stereocenters. The summed E-state index contributed by atoms with van der Waals surface area (Å²) in [5.41, 5.74) is 4.18. The lowest BCUT2D eigenvalue weighted by Gasteiger charge is -2.28. The third-order valence-electron chi connectivity index (χ3n) is 5.49. The van der Waals surface area contributed by atoms with Gasteiger partial charge in [0.25, 0.3) is 0 Å². The van der Waals surface area contributed by atoms with Crippen molar-refractivity contribution < 1.29 is 19.4 Å². The van der Waals surface area contributed by atoms with E-state index in [9.17, 15) is 9.90 Å². The van der Waals surface area contributed by atoms with Crippen LogP contribution in [-0.4, -0.2) is 36.3 Å². The number of aliphatic hydroxyl groups is 1. The molecule has 0 aliphatic heterocycles. The van der Waals surface area contributed by atoms with Gasteiger partial charge in [-0.1, -0.05) is 52.8 Å². The molecule has 4 heteroatoms. The Bertz CT molecular complexity index is 650. The van der Waals surface area contributed by atoms with E-state index in [1.165, 1.54) is 29.5 Å². The molecular formula is C26H44O4. The van der Waals surface area contributed by atoms with Crippen molar-refractivity contribution in [2.45, 2.75) is 86.9 Å². The van der Waals surface area contributed by atoms with E-state index in [0.29, 0.717) is 26.2 Å². The second-order valence-corrected chi connectivity index (χ2v) is 10.7. The number of rotatable bonds is 9. The van der Waals surface area contributed by atoms with Gasteiger partial charge in [0.05, 0.1) is 25.4 Å². The van der Waals surface area contributed by atoms with Gasteiger partial charge in [-0.25, -0.2) is 0 Å². The monoisotopic (exact) mass is 420 g/mol. The van der Waals surface area contributed by atoms with E-state index in [1.54, 1.807) is 0 Å². The highest BCUT2D eigenvalue weighted by molar-refractivity contribution is 5.80. The molecule has 0 aromatic heterocycles. The molecule has 1 aromatic rings. The Morgan fingerprint density at radius 2 is 1.70 bits per heavy atom. The van der Waals surface area contributed by atoms with Crippen LogP contribution in [0.2, 0.25) is 0 Å². The maximum atomic E-state index is 11.1. The number of aliphatic hydroxyl groups excluding tert-OH is 1. The highest BCUT2D eigenvalue weighted by Crippen LogP contribution is 2.27. The van der Waals surface area contributed by atoms with Crippen molar-refractivity contribution >= 4 is 5.78 Å². The minimum Gasteiger partial charge on any atom is -0.396 e. The van der Waals surface area contributed by atoms with E-state index in [0.717, 1.165) is 0 Å². The number of ketones is 1. The molecule has 0 fully saturated rings. The normalized spacial score (nSPS) is 14.5. The molecule has 1 atom stereocenters. The number of hydrogen-bond acceptors (Lipinski definition) is 4. The van der Waals surface area contributed by atoms with Crippen LogP contribution in [0.4, 0.5) is 0 Å². The molecule has 172 valence electrons. The highest BCUT2D eigenvalue weighted by Gasteiger charge is 2.24. The number of hydrogen-bond donors (Lipinski definition) is 1. The quantitative estimate of drug-likeness (QED) is 0.583. The summed E-state index contributed by atoms with van der Waals surface area (Å²) in [7, 11) is 0. The zero-order valence-electron chi connectivity index (χ0n) is 20.5. The molecule has 0 saturated heterocycles. The molecule has 30 heavy (non-hydrogen) atoms. The van der Waals surface area contributed by atoms with Gasteiger partial charge in [-0.15, -0.1) is 0 Å². The maximum absolute atomic E-state index is 11.1. The SMILES string of the molecule is CC(C)(C)C(CO)COCc1ccc2c(c1)CC2.CC(C)C(=O)CCOC(C)(C)C. The lowest BCUT2D eigenvalue weighted by molar-refractivity contribution is -0.124. The van der Waals surface area contributed by atoms with Gasteiger partial charge in [-0.2, -0.15) is 0 Å². The second-order valence-electron chi connectivity index (χ2n) is 10.7. The van der Waals surface area contributed by atoms with Crippen molar-refractivity contribution in [3.8, 4) is 0 Å². The Morgan fingerprint density at radius 3 is 2.13 bits per heavy atom. The fraction of sp³-hybridized carbons (Fsp3) is 0.731. The summed E-state index contributed by atoms with van der Waals surface area (Å²) in [5.74, 6) is 0.608. The molecule has 1 aliphatic rings. The molecule has 1 aromatic carbocycles. The van der Waals surface area contributed by atoms with Crippen molar-refractivity contribution in [1.82, 2.24) is 0 Å². The first kappa shape index (κ1) is 26.8. The molecule has 0 amide bonds. The number of ether oxygens (including phenoxy) is 2. The molecule has 0 spiro atoms. The van der Waals surface area contributed by atoms with Crippen LogP contribution >= 0.6 is 0 Å². The Balaban J connectivity index is 0.000000329. The molecule has 4 nitrogen and oxygen atoms in total. The number of benzene rings is 1. The molecule has 0 heterocycles. The van der Waals surface area contributed by atoms with Crippen LogP contribution in [-0.2, 0) is 33.7 Å². The number of aryl methyl sites for hydroxylation is 2. The third kappa shape index (κ3) is 10.2. The molecular weight excluding hydrogens is 376 g/mol. The topological polar surface area (TPSA) is 55.8 Å². The summed E-state index contributed by atoms with van der Waals surface area (Å²) < 4.78 is 11.2. The number of Topliss-reactive ketones (excluding diaryl/α,β-unsaturated/α-hetero) is 1. The van der Waals surface area contributed by atoms with Crippen molar-refractivity contribution in [2.75, 3.05) is 19.8 Å². The summed E-state index contributed by atoms with van der Waals surface area (Å²) in [4.78, 5) is 11.1. The third-order valence-corrected chi connectivity index (χ3v) is 5.49. The molecule has 1 N–H and O–H groups in total. The van der Waals surface area contributed by atoms with Crippen LogP contribution in [0.15, 0.2) is 18.2 Å². The average Bonchev–Trinajstić information content (AvgIpc) is 2.59. The molecule has 0 radical (unpaired) electrons. The van der Waals surface area contributed by atoms with Crippen molar-refractivity contribution in [2.24, 2.45) is 17.3 Å². The van der Waals surface area contributed by atoms with Crippen LogP contribution < -0.4 is 0 Å². The van der Waals surface area contributed by atoms with E-state index >= 15 is 0 Å². The van der Waals surface area contributed by atoms with E-state index in [1.807, 2.05) is 34.6 Å². The van der Waals surface area contributed by atoms with Crippen LogP contribution in [0, 0.1) is 17.3 Å². The van der Waals surface area contributed by atoms with Crippen LogP contribution in [0.25, 0.3) is 0 Å². The second kappa shape index (κ2) is 12.0. The molecule has 0 saturated carbocycles. The molecule has 0 bridgehead atoms. The average molecular weight is 421 g/mol. The lowest BCUT2D eigenvalue weighted by atomic mass is 9.82. The molecule has 2 rings (SSSR count). The Labute approximate surface area is 184 Å². The summed E-state index contributed by atoms with van der Waals surface area (Å²) in [6.07, 6.45) is 2.98. The number of carbonyl (C=O) groups is 1. The van der Waals surface area contributed by atoms with Gasteiger partial charge in [-0.05, 0) is 55.7 Å². The largest absolute Gasteiger partial charge is 0.396 e. The van der Waals surface area contributed by atoms with Crippen LogP contribution in [0.3, 0.4) is 0 Å². The van der Waals surface area contributed by atoms with Gasteiger partial charge in [0.1, 0.15) is 5.78 Å². The number of fused-ring (bicyclic) bond motifs is 1. The predicted molar refractivity (Wildman–Crippen MR) is 124 cm³/mol. The summed E-state index contributed by atoms with van der Waals surface area (Å²) in [5, 5.41) is 9.37. The summed E-state index contributed by atoms with van der Waals surface area (Å²) in [6, 6.07) is 6.62. The summed E-state index contributed by atoms with van der Waals surface area (Å²) >= 11 is 0. The van der Waals surface area contributed by atoms with E-state index in [2.05, 4.69) is 39.0 Å². The van der Waals surface area contributed by atoms with E-state index in [4.69, 9.17) is 9.47 Å². The van der Waals surface area contributed by atoms with Gasteiger partial charge >= 0.3 is 0 Å². The fourth-order valence-corrected chi connectivity index (χ4v) is 2.98. The maximum Gasteiger partial charge on any atom is 0.137 e. The first-order chi connectivity index (χ1) is 13.8. The van der Waals surface area contributed by atoms with Gasteiger partial charge in [-0.3, -0.25) is 4.79 Å². The smallest absolute Gasteiger partial charge is 0.137 e. The Hall–Kier alpha value is -1.23. The Kier molecular flexibility index (Phi) is 10.7. The first-order valence-corrected chi connectivity index (χ1v) is 11.3. The van der Waals surface area contributed by atoms with Crippen molar-refractivity contribution in [3.63, 3.8) is 0 Å². The molecule has 1 aliphatic carbocycles. The van der Waals surface area contributed by atoms with E-state index in [-0.39, 0.29) is 35.2 Å². The van der Waals surface area contributed by atoms with Crippen molar-refractivity contribution in [3.05, 3.63) is 34.9 Å². The standard InChI is InChI=1S/C16H24O2.C10H20O2/c1-16(2,3)15(9-17)11-18-10-12-4-5-13-6-7-14(13)8-12;1-8(2)9(11)6-7-12-10(3,4)5/h4-5,8,15,17H,6-7,9-11H2,1-3H3;8H,6-7H2,1-5H3. The van der Waals surface area contributed by atoms with Gasteiger partial charge in [0.15, 0.2) is 0 Å². The predicted octanol–water partition coefficient (Wildman–Crippen LogP) is 5.37. The van der Waals surface area contributed by atoms with Crippen molar-refractivity contribution in [1.29, 1.82) is 0 Å². The zero-order valence-corrected chi connectivity index (χ0v) is 20.5. The minimum absolute atomic E-state index is 0.0925. The fourth-order valence-electron chi connectivity index (χ4n) is 2.98. The Morgan fingerprint density at radius 1 is 1.07 bits per heavy atom. The van der Waals surface area contributed by atoms with E-state index < -0.39 is 0 Å². The van der Waals surface area contributed by atoms with Gasteiger partial charge in [0, 0.05) is 24.9 Å². The van der Waals surface area contributed by atoms with Crippen LogP contribution in [0.5, 0.6) is 0 Å². The summed E-state index contributed by atoms with van der Waals surface area (Å²) in [6.45, 7) is 18.2. The van der Waals surface area contributed by atoms with Gasteiger partial charge in [0.2, 0.25) is 0 Å². The minimum atomic E-state index is -0.128. The van der Waals surface area contributed by atoms with Gasteiger partial charge < -0.3 is 14.6 Å². The number of carbonyl (C=O) groups excluding carboxylic acids is 1.